The summed E-state index contributed by atoms with van der Waals surface area (Å²) in [6, 6.07) is 5.54. The normalized spacial score (nSPS) is 19.5. The highest BCUT2D eigenvalue weighted by atomic mass is 16.5. The van der Waals surface area contributed by atoms with Gasteiger partial charge < -0.3 is 24.8 Å². The van der Waals surface area contributed by atoms with E-state index in [0.29, 0.717) is 36.9 Å². The van der Waals surface area contributed by atoms with Gasteiger partial charge in [-0.1, -0.05) is 0 Å². The smallest absolute Gasteiger partial charge is 0.263 e. The Bertz CT molecular complexity index is 929. The summed E-state index contributed by atoms with van der Waals surface area (Å²) in [5, 5.41) is 6.20. The highest BCUT2D eigenvalue weighted by Gasteiger charge is 2.19. The number of carbonyl (C=O) groups is 1. The third-order valence-electron chi connectivity index (χ3n) is 5.80. The van der Waals surface area contributed by atoms with E-state index in [-0.39, 0.29) is 11.1 Å². The summed E-state index contributed by atoms with van der Waals surface area (Å²) in [7, 11) is 0. The molecule has 8 heteroatoms. The van der Waals surface area contributed by atoms with E-state index in [4.69, 9.17) is 4.74 Å². The van der Waals surface area contributed by atoms with E-state index in [1.165, 1.54) is 0 Å². The Morgan fingerprint density at radius 2 is 2.13 bits per heavy atom. The van der Waals surface area contributed by atoms with Crippen LogP contribution in [-0.2, 0) is 11.3 Å². The van der Waals surface area contributed by atoms with Crippen LogP contribution in [0, 0.1) is 12.8 Å². The van der Waals surface area contributed by atoms with Crippen LogP contribution < -0.4 is 21.1 Å². The molecular weight excluding hydrogens is 382 g/mol. The number of hydrogen-bond donors (Lipinski definition) is 2. The predicted octanol–water partition coefficient (Wildman–Crippen LogP) is 1.64. The van der Waals surface area contributed by atoms with Crippen LogP contribution in [0.1, 0.15) is 28.8 Å². The van der Waals surface area contributed by atoms with E-state index < -0.39 is 5.91 Å². The summed E-state index contributed by atoms with van der Waals surface area (Å²) in [5.74, 6) is 0.872. The van der Waals surface area contributed by atoms with Crippen LogP contribution in [0.3, 0.4) is 0 Å². The van der Waals surface area contributed by atoms with Gasteiger partial charge in [-0.05, 0) is 62.5 Å². The molecule has 160 valence electrons. The molecule has 2 saturated heterocycles. The number of nitrogens with zero attached hydrogens (tertiary/aromatic N) is 3. The zero-order chi connectivity index (χ0) is 20.9. The van der Waals surface area contributed by atoms with E-state index >= 15 is 0 Å². The molecule has 2 N–H and O–H groups in total. The van der Waals surface area contributed by atoms with Crippen LogP contribution >= 0.6 is 0 Å². The summed E-state index contributed by atoms with van der Waals surface area (Å²) < 4.78 is 7.03. The lowest BCUT2D eigenvalue weighted by atomic mass is 9.99. The number of aromatic nitrogens is 2. The standard InChI is InChI=1S/C22H29N5O3/c1-16-6-8-27(15-17-3-2-7-23-13-17)22(29)20(16)21(28)25-18-4-5-19(24-14-18)26-9-11-30-12-10-26/h4-6,8,14,17,23H,2-3,7,9-13,15H2,1H3,(H,25,28). The first-order valence-electron chi connectivity index (χ1n) is 10.6. The minimum Gasteiger partial charge on any atom is -0.378 e. The maximum atomic E-state index is 13.0. The van der Waals surface area contributed by atoms with Crippen molar-refractivity contribution in [1.29, 1.82) is 0 Å². The van der Waals surface area contributed by atoms with Gasteiger partial charge >= 0.3 is 0 Å². The summed E-state index contributed by atoms with van der Waals surface area (Å²) >= 11 is 0. The zero-order valence-electron chi connectivity index (χ0n) is 17.4. The van der Waals surface area contributed by atoms with Crippen LogP contribution in [0.25, 0.3) is 0 Å². The molecule has 4 heterocycles. The Morgan fingerprint density at radius 3 is 2.83 bits per heavy atom. The van der Waals surface area contributed by atoms with Crippen molar-refractivity contribution in [2.45, 2.75) is 26.3 Å². The second kappa shape index (κ2) is 9.40. The maximum absolute atomic E-state index is 13.0. The third kappa shape index (κ3) is 4.71. The van der Waals surface area contributed by atoms with Gasteiger partial charge in [0.25, 0.3) is 11.5 Å². The van der Waals surface area contributed by atoms with Crippen LogP contribution in [0.5, 0.6) is 0 Å². The highest BCUT2D eigenvalue weighted by Crippen LogP contribution is 2.17. The first-order chi connectivity index (χ1) is 14.6. The van der Waals surface area contributed by atoms with Crippen molar-refractivity contribution in [2.75, 3.05) is 49.6 Å². The van der Waals surface area contributed by atoms with Crippen molar-refractivity contribution in [3.63, 3.8) is 0 Å². The van der Waals surface area contributed by atoms with Crippen molar-refractivity contribution in [1.82, 2.24) is 14.9 Å². The fourth-order valence-corrected chi connectivity index (χ4v) is 4.08. The number of aryl methyl sites for hydroxylation is 1. The van der Waals surface area contributed by atoms with Gasteiger partial charge in [-0.15, -0.1) is 0 Å². The molecule has 2 aromatic rings. The molecule has 0 aromatic carbocycles. The molecule has 30 heavy (non-hydrogen) atoms. The molecule has 1 unspecified atom stereocenters. The summed E-state index contributed by atoms with van der Waals surface area (Å²) in [5.41, 5.74) is 1.20. The molecule has 0 bridgehead atoms. The molecule has 2 aliphatic heterocycles. The van der Waals surface area contributed by atoms with Crippen LogP contribution in [0.15, 0.2) is 35.4 Å². The van der Waals surface area contributed by atoms with Crippen molar-refractivity contribution >= 4 is 17.4 Å². The molecule has 2 fully saturated rings. The lowest BCUT2D eigenvalue weighted by Gasteiger charge is -2.27. The van der Waals surface area contributed by atoms with Crippen molar-refractivity contribution in [2.24, 2.45) is 5.92 Å². The molecule has 0 saturated carbocycles. The fraction of sp³-hybridized carbons (Fsp3) is 0.500. The van der Waals surface area contributed by atoms with Gasteiger partial charge in [-0.2, -0.15) is 0 Å². The van der Waals surface area contributed by atoms with E-state index in [1.54, 1.807) is 23.9 Å². The van der Waals surface area contributed by atoms with Gasteiger partial charge in [0.05, 0.1) is 25.1 Å². The minimum absolute atomic E-state index is 0.193. The quantitative estimate of drug-likeness (QED) is 0.778. The van der Waals surface area contributed by atoms with Crippen LogP contribution in [0.4, 0.5) is 11.5 Å². The molecule has 8 nitrogen and oxygen atoms in total. The number of ether oxygens (including phenoxy) is 1. The van der Waals surface area contributed by atoms with E-state index in [1.807, 2.05) is 18.2 Å². The average Bonchev–Trinajstić information content (AvgIpc) is 2.78. The second-order valence-electron chi connectivity index (χ2n) is 8.00. The van der Waals surface area contributed by atoms with Crippen molar-refractivity contribution in [3.8, 4) is 0 Å². The Hall–Kier alpha value is -2.71. The lowest BCUT2D eigenvalue weighted by Crippen LogP contribution is -2.37. The number of piperidine rings is 1. The number of nitrogens with one attached hydrogen (secondary N) is 2. The van der Waals surface area contributed by atoms with Crippen LogP contribution in [-0.4, -0.2) is 54.9 Å². The van der Waals surface area contributed by atoms with E-state index in [2.05, 4.69) is 20.5 Å². The molecule has 2 aromatic heterocycles. The van der Waals surface area contributed by atoms with E-state index in [9.17, 15) is 9.59 Å². The number of pyridine rings is 2. The number of anilines is 2. The highest BCUT2D eigenvalue weighted by molar-refractivity contribution is 6.04. The Morgan fingerprint density at radius 1 is 1.30 bits per heavy atom. The van der Waals surface area contributed by atoms with Crippen molar-refractivity contribution in [3.05, 3.63) is 52.1 Å². The number of amides is 1. The summed E-state index contributed by atoms with van der Waals surface area (Å²) in [6.07, 6.45) is 5.64. The van der Waals surface area contributed by atoms with Crippen LogP contribution in [0.2, 0.25) is 0 Å². The largest absolute Gasteiger partial charge is 0.378 e. The number of hydrogen-bond acceptors (Lipinski definition) is 6. The van der Waals surface area contributed by atoms with Gasteiger partial charge in [0.15, 0.2) is 0 Å². The average molecular weight is 412 g/mol. The van der Waals surface area contributed by atoms with Gasteiger partial charge in [-0.3, -0.25) is 9.59 Å². The van der Waals surface area contributed by atoms with Gasteiger partial charge in [-0.25, -0.2) is 4.98 Å². The molecule has 0 spiro atoms. The van der Waals surface area contributed by atoms with Gasteiger partial charge in [0.2, 0.25) is 0 Å². The first kappa shape index (κ1) is 20.6. The lowest BCUT2D eigenvalue weighted by molar-refractivity contribution is 0.102. The van der Waals surface area contributed by atoms with E-state index in [0.717, 1.165) is 44.8 Å². The second-order valence-corrected chi connectivity index (χ2v) is 8.00. The van der Waals surface area contributed by atoms with Gasteiger partial charge in [0, 0.05) is 25.8 Å². The summed E-state index contributed by atoms with van der Waals surface area (Å²) in [6.45, 7) is 7.35. The Balaban J connectivity index is 1.47. The molecule has 0 radical (unpaired) electrons. The fourth-order valence-electron chi connectivity index (χ4n) is 4.08. The summed E-state index contributed by atoms with van der Waals surface area (Å²) in [4.78, 5) is 32.5. The zero-order valence-corrected chi connectivity index (χ0v) is 17.4. The minimum atomic E-state index is -0.394. The Kier molecular flexibility index (Phi) is 6.44. The Labute approximate surface area is 176 Å². The number of carbonyl (C=O) groups excluding carboxylic acids is 1. The topological polar surface area (TPSA) is 88.5 Å². The van der Waals surface area contributed by atoms with Gasteiger partial charge in [0.1, 0.15) is 11.4 Å². The molecule has 0 aliphatic carbocycles. The molecule has 1 atom stereocenters. The number of morpholine rings is 1. The monoisotopic (exact) mass is 411 g/mol. The first-order valence-corrected chi connectivity index (χ1v) is 10.6. The third-order valence-corrected chi connectivity index (χ3v) is 5.80. The molecule has 4 rings (SSSR count). The maximum Gasteiger partial charge on any atom is 0.263 e. The molecule has 2 aliphatic rings. The molecule has 1 amide bonds. The van der Waals surface area contributed by atoms with Crippen molar-refractivity contribution < 1.29 is 9.53 Å². The SMILES string of the molecule is Cc1ccn(CC2CCCNC2)c(=O)c1C(=O)Nc1ccc(N2CCOCC2)nc1. The number of rotatable bonds is 5. The predicted molar refractivity (Wildman–Crippen MR) is 116 cm³/mol. The molecular formula is C22H29N5O3.